The van der Waals surface area contributed by atoms with Gasteiger partial charge in [0.15, 0.2) is 5.66 Å². The van der Waals surface area contributed by atoms with Gasteiger partial charge < -0.3 is 0 Å². The van der Waals surface area contributed by atoms with E-state index in [-0.39, 0.29) is 18.0 Å². The minimum atomic E-state index is -1.08. The maximum Gasteiger partial charge on any atom is 0.237 e. The van der Waals surface area contributed by atoms with E-state index in [4.69, 9.17) is 0 Å². The van der Waals surface area contributed by atoms with Gasteiger partial charge in [-0.05, 0) is 38.5 Å². The van der Waals surface area contributed by atoms with Gasteiger partial charge in [-0.15, -0.1) is 0 Å². The molecule has 0 aliphatic heterocycles. The molecular weight excluding hydrogens is 360 g/mol. The summed E-state index contributed by atoms with van der Waals surface area (Å²) in [6, 6.07) is 0.196. The predicted molar refractivity (Wildman–Crippen MR) is 105 cm³/mol. The van der Waals surface area contributed by atoms with Crippen LogP contribution in [-0.2, 0) is 19.2 Å². The second-order valence-electron chi connectivity index (χ2n) is 7.74. The van der Waals surface area contributed by atoms with Gasteiger partial charge in [0.2, 0.25) is 24.3 Å². The first-order valence-corrected chi connectivity index (χ1v) is 9.54. The van der Waals surface area contributed by atoms with Crippen molar-refractivity contribution in [2.45, 2.75) is 90.9 Å². The van der Waals surface area contributed by atoms with E-state index in [1.807, 2.05) is 13.8 Å². The molecule has 1 aliphatic rings. The summed E-state index contributed by atoms with van der Waals surface area (Å²) in [5.74, 6) is 0.289. The third kappa shape index (κ3) is 7.64. The highest BCUT2D eigenvalue weighted by Crippen LogP contribution is 2.43. The number of rotatable bonds is 8. The summed E-state index contributed by atoms with van der Waals surface area (Å²) in [6.45, 7) is 9.73. The molecule has 1 atom stereocenters. The summed E-state index contributed by atoms with van der Waals surface area (Å²) >= 11 is 0. The van der Waals surface area contributed by atoms with Crippen LogP contribution in [0, 0.1) is 11.3 Å². The molecule has 0 N–H and O–H groups in total. The molecule has 1 unspecified atom stereocenters. The van der Waals surface area contributed by atoms with Crippen molar-refractivity contribution in [1.29, 1.82) is 0 Å². The monoisotopic (exact) mass is 390 g/mol. The van der Waals surface area contributed by atoms with Crippen LogP contribution in [0.25, 0.3) is 0 Å². The molecule has 0 aromatic heterocycles. The van der Waals surface area contributed by atoms with Crippen molar-refractivity contribution in [3.05, 3.63) is 0 Å². The number of aliphatic imine (C=N–C) groups is 4. The van der Waals surface area contributed by atoms with Gasteiger partial charge >= 0.3 is 0 Å². The molecule has 0 heterocycles. The van der Waals surface area contributed by atoms with E-state index in [1.54, 1.807) is 19.1 Å². The molecular formula is C20H30N4O4. The minimum Gasteiger partial charge on any atom is -0.211 e. The van der Waals surface area contributed by atoms with E-state index >= 15 is 0 Å². The Morgan fingerprint density at radius 1 is 0.821 bits per heavy atom. The van der Waals surface area contributed by atoms with Crippen molar-refractivity contribution in [3.63, 3.8) is 0 Å². The van der Waals surface area contributed by atoms with Crippen LogP contribution >= 0.6 is 0 Å². The number of nitrogens with zero attached hydrogens (tertiary/aromatic N) is 4. The Bertz CT molecular complexity index is 628. The van der Waals surface area contributed by atoms with Gasteiger partial charge in [0.05, 0.1) is 12.1 Å². The molecule has 0 spiro atoms. The van der Waals surface area contributed by atoms with Gasteiger partial charge in [0, 0.05) is 5.41 Å². The van der Waals surface area contributed by atoms with Crippen molar-refractivity contribution in [2.75, 3.05) is 0 Å². The predicted octanol–water partition coefficient (Wildman–Crippen LogP) is 3.81. The smallest absolute Gasteiger partial charge is 0.211 e. The first kappa shape index (κ1) is 25.5. The highest BCUT2D eigenvalue weighted by molar-refractivity contribution is 5.39. The second kappa shape index (κ2) is 12.8. The molecule has 28 heavy (non-hydrogen) atoms. The summed E-state index contributed by atoms with van der Waals surface area (Å²) in [7, 11) is 0. The standard InChI is InChI=1S/C12H20N2O2.C8H10N2O2/c1-6-7-10(2)11(3,4)12(5,13-8-15)14-9-16;11-5-9-7-1-2-8(4-3-7)10-6-12/h10H,6-7H2,1-5H3;7-8H,1-4H2/t;7-,8-. The summed E-state index contributed by atoms with van der Waals surface area (Å²) in [6.07, 6.45) is 11.4. The van der Waals surface area contributed by atoms with E-state index in [0.717, 1.165) is 38.5 Å². The molecule has 1 aliphatic carbocycles. The van der Waals surface area contributed by atoms with Crippen molar-refractivity contribution in [1.82, 2.24) is 0 Å². The van der Waals surface area contributed by atoms with Crippen molar-refractivity contribution in [3.8, 4) is 0 Å². The van der Waals surface area contributed by atoms with Crippen LogP contribution in [0.2, 0.25) is 0 Å². The lowest BCUT2D eigenvalue weighted by molar-refractivity contribution is 0.107. The van der Waals surface area contributed by atoms with Crippen LogP contribution in [0.15, 0.2) is 20.0 Å². The van der Waals surface area contributed by atoms with Gasteiger partial charge in [-0.1, -0.05) is 40.5 Å². The fourth-order valence-corrected chi connectivity index (χ4v) is 3.22. The lowest BCUT2D eigenvalue weighted by atomic mass is 9.69. The Balaban J connectivity index is 0.000000540. The highest BCUT2D eigenvalue weighted by atomic mass is 16.1. The third-order valence-corrected chi connectivity index (χ3v) is 5.84. The minimum absolute atomic E-state index is 0.0978. The lowest BCUT2D eigenvalue weighted by Gasteiger charge is -2.40. The summed E-state index contributed by atoms with van der Waals surface area (Å²) in [5.41, 5.74) is -1.47. The second-order valence-corrected chi connectivity index (χ2v) is 7.74. The molecule has 8 nitrogen and oxygen atoms in total. The van der Waals surface area contributed by atoms with Crippen molar-refractivity contribution >= 4 is 24.3 Å². The topological polar surface area (TPSA) is 118 Å². The highest BCUT2D eigenvalue weighted by Gasteiger charge is 2.45. The first-order chi connectivity index (χ1) is 13.2. The van der Waals surface area contributed by atoms with Crippen molar-refractivity contribution in [2.24, 2.45) is 31.3 Å². The third-order valence-electron chi connectivity index (χ3n) is 5.84. The van der Waals surface area contributed by atoms with Gasteiger partial charge in [0.1, 0.15) is 0 Å². The van der Waals surface area contributed by atoms with Crippen LogP contribution in [-0.4, -0.2) is 42.1 Å². The summed E-state index contributed by atoms with van der Waals surface area (Å²) in [4.78, 5) is 55.3. The average Bonchev–Trinajstić information content (AvgIpc) is 2.65. The SMILES string of the molecule is CCCC(C)C(C)(C)C(C)(N=C=O)N=C=O.O=C=N[C@H]1CC[C@H](N=C=O)CC1. The normalized spacial score (nSPS) is 21.6. The molecule has 0 bridgehead atoms. The van der Waals surface area contributed by atoms with Crippen LogP contribution in [0.3, 0.4) is 0 Å². The molecule has 0 saturated heterocycles. The zero-order valence-electron chi connectivity index (χ0n) is 17.4. The molecule has 8 heteroatoms. The molecule has 1 fully saturated rings. The molecule has 0 amide bonds. The Kier molecular flexibility index (Phi) is 11.7. The quantitative estimate of drug-likeness (QED) is 0.462. The molecule has 1 saturated carbocycles. The molecule has 1 rings (SSSR count). The Hall–Kier alpha value is -2.48. The fourth-order valence-electron chi connectivity index (χ4n) is 3.22. The van der Waals surface area contributed by atoms with Crippen LogP contribution in [0.4, 0.5) is 0 Å². The van der Waals surface area contributed by atoms with E-state index in [0.29, 0.717) is 0 Å². The fraction of sp³-hybridized carbons (Fsp3) is 0.800. The lowest BCUT2D eigenvalue weighted by Crippen LogP contribution is -2.43. The Morgan fingerprint density at radius 3 is 1.50 bits per heavy atom. The Labute approximate surface area is 166 Å². The van der Waals surface area contributed by atoms with Crippen LogP contribution in [0.5, 0.6) is 0 Å². The Morgan fingerprint density at radius 2 is 1.21 bits per heavy atom. The zero-order chi connectivity index (χ0) is 21.6. The first-order valence-electron chi connectivity index (χ1n) is 9.54. The van der Waals surface area contributed by atoms with E-state index < -0.39 is 11.1 Å². The number of carbonyl (C=O) groups excluding carboxylic acids is 4. The van der Waals surface area contributed by atoms with E-state index in [2.05, 4.69) is 33.8 Å². The number of hydrogen-bond donors (Lipinski definition) is 0. The zero-order valence-corrected chi connectivity index (χ0v) is 17.4. The number of hydrogen-bond acceptors (Lipinski definition) is 8. The number of isocyanates is 4. The van der Waals surface area contributed by atoms with Gasteiger partial charge in [-0.25, -0.2) is 29.2 Å². The molecule has 0 aromatic carbocycles. The van der Waals surface area contributed by atoms with E-state index in [1.165, 1.54) is 12.2 Å². The van der Waals surface area contributed by atoms with Gasteiger partial charge in [0.25, 0.3) is 0 Å². The maximum absolute atomic E-state index is 10.4. The summed E-state index contributed by atoms with van der Waals surface area (Å²) < 4.78 is 0. The molecule has 0 aromatic rings. The van der Waals surface area contributed by atoms with Crippen molar-refractivity contribution < 1.29 is 19.2 Å². The maximum atomic E-state index is 10.4. The molecule has 154 valence electrons. The van der Waals surface area contributed by atoms with Gasteiger partial charge in [-0.3, -0.25) is 0 Å². The van der Waals surface area contributed by atoms with Gasteiger partial charge in [-0.2, -0.15) is 9.98 Å². The van der Waals surface area contributed by atoms with E-state index in [9.17, 15) is 19.2 Å². The average molecular weight is 390 g/mol. The largest absolute Gasteiger partial charge is 0.237 e. The van der Waals surface area contributed by atoms with Crippen LogP contribution < -0.4 is 0 Å². The van der Waals surface area contributed by atoms with Crippen LogP contribution in [0.1, 0.15) is 73.1 Å². The molecule has 0 radical (unpaired) electrons. The summed E-state index contributed by atoms with van der Waals surface area (Å²) in [5, 5.41) is 0.